The van der Waals surface area contributed by atoms with Crippen molar-refractivity contribution in [1.29, 1.82) is 0 Å². The number of nitrogens with zero attached hydrogens (tertiary/aromatic N) is 1. The van der Waals surface area contributed by atoms with E-state index in [4.69, 9.17) is 0 Å². The smallest absolute Gasteiger partial charge is 0.0621 e. The maximum Gasteiger partial charge on any atom is 0.0621 e. The van der Waals surface area contributed by atoms with E-state index in [1.165, 1.54) is 49.5 Å². The van der Waals surface area contributed by atoms with Crippen LogP contribution in [-0.4, -0.2) is 0 Å². The minimum Gasteiger partial charge on any atom is -0.309 e. The van der Waals surface area contributed by atoms with Crippen molar-refractivity contribution in [3.8, 4) is 11.1 Å². The Morgan fingerprint density at radius 1 is 0.500 bits per heavy atom. The minimum atomic E-state index is -0.0924. The summed E-state index contributed by atoms with van der Waals surface area (Å²) in [5, 5.41) is 5.15. The van der Waals surface area contributed by atoms with Crippen LogP contribution in [0.5, 0.6) is 0 Å². The standard InChI is InChI=1S/C35H27N/c1-35(2)31-20-12-11-19-29(31)33-32(35)23-30-27-18-10-9-13-24(27)21-22-28(30)34(33)36(25-14-5-3-6-15-25)26-16-7-4-8-17-26/h3-23H,1-2H3. The van der Waals surface area contributed by atoms with Gasteiger partial charge in [0.15, 0.2) is 0 Å². The number of anilines is 3. The van der Waals surface area contributed by atoms with E-state index in [9.17, 15) is 0 Å². The van der Waals surface area contributed by atoms with E-state index < -0.39 is 0 Å². The van der Waals surface area contributed by atoms with E-state index >= 15 is 0 Å². The molecule has 0 saturated carbocycles. The summed E-state index contributed by atoms with van der Waals surface area (Å²) < 4.78 is 0. The van der Waals surface area contributed by atoms with Crippen LogP contribution in [0.4, 0.5) is 17.1 Å². The van der Waals surface area contributed by atoms with Crippen molar-refractivity contribution in [3.05, 3.63) is 139 Å². The predicted molar refractivity (Wildman–Crippen MR) is 154 cm³/mol. The summed E-state index contributed by atoms with van der Waals surface area (Å²) in [6.07, 6.45) is 0. The van der Waals surface area contributed by atoms with Gasteiger partial charge in [-0.25, -0.2) is 0 Å². The van der Waals surface area contributed by atoms with Gasteiger partial charge in [0.1, 0.15) is 0 Å². The SMILES string of the molecule is CC1(C)c2ccccc2-c2c1cc1c(ccc3ccccc31)c2N(c1ccccc1)c1ccccc1. The molecule has 0 spiro atoms. The van der Waals surface area contributed by atoms with Gasteiger partial charge in [0.25, 0.3) is 0 Å². The Balaban J connectivity index is 1.70. The summed E-state index contributed by atoms with van der Waals surface area (Å²) in [7, 11) is 0. The molecule has 0 atom stereocenters. The molecule has 6 aromatic rings. The molecule has 1 nitrogen and oxygen atoms in total. The van der Waals surface area contributed by atoms with Crippen molar-refractivity contribution in [2.75, 3.05) is 4.90 Å². The zero-order chi connectivity index (χ0) is 24.3. The third-order valence-electron chi connectivity index (χ3n) is 7.82. The van der Waals surface area contributed by atoms with Gasteiger partial charge in [-0.15, -0.1) is 0 Å². The van der Waals surface area contributed by atoms with Gasteiger partial charge in [-0.3, -0.25) is 0 Å². The van der Waals surface area contributed by atoms with Crippen LogP contribution in [0.2, 0.25) is 0 Å². The highest BCUT2D eigenvalue weighted by molar-refractivity contribution is 6.17. The van der Waals surface area contributed by atoms with Crippen molar-refractivity contribution < 1.29 is 0 Å². The predicted octanol–water partition coefficient (Wildman–Crippen LogP) is 9.77. The molecule has 0 aromatic heterocycles. The molecular formula is C35H27N. The lowest BCUT2D eigenvalue weighted by Gasteiger charge is -2.30. The fourth-order valence-corrected chi connectivity index (χ4v) is 6.09. The number of benzene rings is 6. The van der Waals surface area contributed by atoms with Crippen LogP contribution >= 0.6 is 0 Å². The molecule has 0 bridgehead atoms. The maximum absolute atomic E-state index is 2.46. The van der Waals surface area contributed by atoms with Gasteiger partial charge in [-0.2, -0.15) is 0 Å². The molecular weight excluding hydrogens is 434 g/mol. The molecule has 7 rings (SSSR count). The lowest BCUT2D eigenvalue weighted by atomic mass is 9.81. The van der Waals surface area contributed by atoms with Crippen LogP contribution < -0.4 is 4.90 Å². The van der Waals surface area contributed by atoms with E-state index in [0.29, 0.717) is 0 Å². The molecule has 36 heavy (non-hydrogen) atoms. The van der Waals surface area contributed by atoms with Crippen molar-refractivity contribution in [2.24, 2.45) is 0 Å². The third-order valence-corrected chi connectivity index (χ3v) is 7.82. The zero-order valence-corrected chi connectivity index (χ0v) is 20.6. The van der Waals surface area contributed by atoms with Gasteiger partial charge < -0.3 is 4.90 Å². The van der Waals surface area contributed by atoms with Crippen molar-refractivity contribution in [3.63, 3.8) is 0 Å². The molecule has 0 amide bonds. The zero-order valence-electron chi connectivity index (χ0n) is 20.6. The van der Waals surface area contributed by atoms with Gasteiger partial charge in [0.05, 0.1) is 5.69 Å². The second-order valence-electron chi connectivity index (χ2n) is 10.2. The summed E-state index contributed by atoms with van der Waals surface area (Å²) in [5.74, 6) is 0. The van der Waals surface area contributed by atoms with Gasteiger partial charge in [0, 0.05) is 27.7 Å². The number of hydrogen-bond acceptors (Lipinski definition) is 1. The highest BCUT2D eigenvalue weighted by atomic mass is 15.1. The monoisotopic (exact) mass is 461 g/mol. The summed E-state index contributed by atoms with van der Waals surface area (Å²) >= 11 is 0. The fraction of sp³-hybridized carbons (Fsp3) is 0.0857. The van der Waals surface area contributed by atoms with E-state index in [2.05, 4.69) is 146 Å². The molecule has 0 saturated heterocycles. The van der Waals surface area contributed by atoms with Crippen LogP contribution in [0, 0.1) is 0 Å². The number of fused-ring (bicyclic) bond motifs is 6. The average Bonchev–Trinajstić information content (AvgIpc) is 3.16. The Kier molecular flexibility index (Phi) is 4.56. The van der Waals surface area contributed by atoms with Crippen LogP contribution in [-0.2, 0) is 5.41 Å². The first-order valence-electron chi connectivity index (χ1n) is 12.6. The largest absolute Gasteiger partial charge is 0.309 e. The van der Waals surface area contributed by atoms with Gasteiger partial charge in [-0.05, 0) is 63.2 Å². The first kappa shape index (κ1) is 21.0. The normalized spacial score (nSPS) is 13.5. The van der Waals surface area contributed by atoms with Crippen molar-refractivity contribution in [1.82, 2.24) is 0 Å². The Bertz CT molecular complexity index is 1710. The van der Waals surface area contributed by atoms with Crippen LogP contribution in [0.15, 0.2) is 127 Å². The Hall–Kier alpha value is -4.36. The number of para-hydroxylation sites is 2. The van der Waals surface area contributed by atoms with Crippen LogP contribution in [0.3, 0.4) is 0 Å². The molecule has 172 valence electrons. The van der Waals surface area contributed by atoms with Gasteiger partial charge >= 0.3 is 0 Å². The van der Waals surface area contributed by atoms with E-state index in [-0.39, 0.29) is 5.41 Å². The molecule has 0 aliphatic heterocycles. The van der Waals surface area contributed by atoms with Crippen LogP contribution in [0.25, 0.3) is 32.7 Å². The van der Waals surface area contributed by atoms with Crippen molar-refractivity contribution >= 4 is 38.6 Å². The quantitative estimate of drug-likeness (QED) is 0.237. The second kappa shape index (κ2) is 7.83. The fourth-order valence-electron chi connectivity index (χ4n) is 6.09. The molecule has 1 aliphatic carbocycles. The molecule has 0 N–H and O–H groups in total. The number of hydrogen-bond donors (Lipinski definition) is 0. The van der Waals surface area contributed by atoms with E-state index in [1.54, 1.807) is 0 Å². The molecule has 0 radical (unpaired) electrons. The molecule has 0 heterocycles. The molecule has 6 aromatic carbocycles. The third kappa shape index (κ3) is 2.96. The molecule has 0 fully saturated rings. The van der Waals surface area contributed by atoms with Crippen LogP contribution in [0.1, 0.15) is 25.0 Å². The molecule has 1 heteroatoms. The lowest BCUT2D eigenvalue weighted by molar-refractivity contribution is 0.661. The second-order valence-corrected chi connectivity index (χ2v) is 10.2. The highest BCUT2D eigenvalue weighted by Crippen LogP contribution is 2.57. The van der Waals surface area contributed by atoms with Crippen molar-refractivity contribution in [2.45, 2.75) is 19.3 Å². The minimum absolute atomic E-state index is 0.0924. The van der Waals surface area contributed by atoms with Gasteiger partial charge in [0.2, 0.25) is 0 Å². The Labute approximate surface area is 212 Å². The lowest BCUT2D eigenvalue weighted by Crippen LogP contribution is -2.16. The van der Waals surface area contributed by atoms with Gasteiger partial charge in [-0.1, -0.05) is 111 Å². The molecule has 1 aliphatic rings. The first-order valence-corrected chi connectivity index (χ1v) is 12.6. The summed E-state index contributed by atoms with van der Waals surface area (Å²) in [6, 6.07) is 46.3. The Morgan fingerprint density at radius 2 is 1.11 bits per heavy atom. The van der Waals surface area contributed by atoms with E-state index in [0.717, 1.165) is 11.4 Å². The van der Waals surface area contributed by atoms with E-state index in [1.807, 2.05) is 0 Å². The summed E-state index contributed by atoms with van der Waals surface area (Å²) in [4.78, 5) is 2.45. The highest BCUT2D eigenvalue weighted by Gasteiger charge is 2.39. The average molecular weight is 462 g/mol. The Morgan fingerprint density at radius 3 is 1.83 bits per heavy atom. The molecule has 0 unspecified atom stereocenters. The first-order chi connectivity index (χ1) is 17.6. The summed E-state index contributed by atoms with van der Waals surface area (Å²) in [6.45, 7) is 4.74. The maximum atomic E-state index is 2.46. The number of rotatable bonds is 3. The summed E-state index contributed by atoms with van der Waals surface area (Å²) in [5.41, 5.74) is 8.93. The topological polar surface area (TPSA) is 3.24 Å².